The van der Waals surface area contributed by atoms with Crippen LogP contribution >= 0.6 is 0 Å². The lowest BCUT2D eigenvalue weighted by Gasteiger charge is -2.71. The Morgan fingerprint density at radius 1 is 0.947 bits per heavy atom. The van der Waals surface area contributed by atoms with Crippen molar-refractivity contribution in [2.45, 2.75) is 125 Å². The molecule has 0 aromatic carbocycles. The van der Waals surface area contributed by atoms with E-state index in [1.807, 2.05) is 13.8 Å². The molecule has 5 heteroatoms. The zero-order valence-corrected chi connectivity index (χ0v) is 25.0. The van der Waals surface area contributed by atoms with E-state index >= 15 is 0 Å². The van der Waals surface area contributed by atoms with Crippen LogP contribution in [0.1, 0.15) is 113 Å². The Labute approximate surface area is 229 Å². The normalized spacial score (nSPS) is 52.8. The van der Waals surface area contributed by atoms with Gasteiger partial charge in [-0.05, 0) is 98.7 Å². The molecular formula is C33H50O5. The van der Waals surface area contributed by atoms with Gasteiger partial charge in [-0.1, -0.05) is 53.2 Å². The number of carboxylic acid groups (broad SMARTS) is 1. The molecule has 0 bridgehead atoms. The maximum Gasteiger partial charge on any atom is 0.310 e. The fourth-order valence-corrected chi connectivity index (χ4v) is 11.4. The molecule has 5 aliphatic carbocycles. The molecule has 9 atom stereocenters. The van der Waals surface area contributed by atoms with Crippen molar-refractivity contribution < 1.29 is 24.2 Å². The molecule has 5 nitrogen and oxygen atoms in total. The summed E-state index contributed by atoms with van der Waals surface area (Å²) in [5, 5.41) is 10.6. The van der Waals surface area contributed by atoms with Crippen LogP contribution in [0.5, 0.6) is 0 Å². The Morgan fingerprint density at radius 2 is 1.63 bits per heavy atom. The lowest BCUT2D eigenvalue weighted by atomic mass is 9.33. The van der Waals surface area contributed by atoms with Crippen LogP contribution in [-0.4, -0.2) is 35.4 Å². The molecule has 4 saturated carbocycles. The first kappa shape index (κ1) is 27.0. The number of hydrogen-bond donors (Lipinski definition) is 1. The molecule has 212 valence electrons. The molecule has 0 amide bonds. The molecule has 38 heavy (non-hydrogen) atoms. The van der Waals surface area contributed by atoms with Crippen molar-refractivity contribution in [2.75, 3.05) is 6.61 Å². The standard InChI is InChI=1S/C33H50O5/c1-27(2)13-15-33(26(35)36)16-14-31(7)20(21(33)17-27)9-10-23-29(5)12-11-24-30(6,19-37-28(3,4)38-24)25(29)22(34)18-32(23,31)8/h9,21,23-25H,10-19H2,1-8H3,(H,35,36)/t21?,23?,24-,25?,29+,30+,31+,32+,33-/m0/s1. The van der Waals surface area contributed by atoms with Gasteiger partial charge in [0.1, 0.15) is 5.78 Å². The number of Topliss-reactive ketones (excluding diaryl/α,β-unsaturated/α-hetero) is 1. The maximum atomic E-state index is 14.5. The molecule has 5 fully saturated rings. The number of rotatable bonds is 1. The van der Waals surface area contributed by atoms with Crippen molar-refractivity contribution in [1.82, 2.24) is 0 Å². The van der Waals surface area contributed by atoms with E-state index in [0.29, 0.717) is 24.7 Å². The van der Waals surface area contributed by atoms with Gasteiger partial charge in [-0.3, -0.25) is 9.59 Å². The van der Waals surface area contributed by atoms with Gasteiger partial charge >= 0.3 is 5.97 Å². The van der Waals surface area contributed by atoms with E-state index in [0.717, 1.165) is 51.4 Å². The van der Waals surface area contributed by atoms with Crippen LogP contribution in [0.2, 0.25) is 0 Å². The Bertz CT molecular complexity index is 1100. The van der Waals surface area contributed by atoms with E-state index in [1.165, 1.54) is 5.57 Å². The summed E-state index contributed by atoms with van der Waals surface area (Å²) < 4.78 is 12.7. The predicted molar refractivity (Wildman–Crippen MR) is 146 cm³/mol. The van der Waals surface area contributed by atoms with Crippen LogP contribution in [0.25, 0.3) is 0 Å². The van der Waals surface area contributed by atoms with E-state index in [2.05, 4.69) is 47.6 Å². The molecule has 1 N–H and O–H groups in total. The summed E-state index contributed by atoms with van der Waals surface area (Å²) in [6, 6.07) is 0. The minimum absolute atomic E-state index is 0.0400. The number of ether oxygens (including phenoxy) is 2. The third-order valence-electron chi connectivity index (χ3n) is 13.6. The Balaban J connectivity index is 1.43. The van der Waals surface area contributed by atoms with Gasteiger partial charge in [-0.15, -0.1) is 0 Å². The second kappa shape index (κ2) is 7.75. The highest BCUT2D eigenvalue weighted by Gasteiger charge is 2.72. The van der Waals surface area contributed by atoms with E-state index in [9.17, 15) is 14.7 Å². The minimum Gasteiger partial charge on any atom is -0.481 e. The Kier molecular flexibility index (Phi) is 5.50. The van der Waals surface area contributed by atoms with Gasteiger partial charge < -0.3 is 14.6 Å². The lowest BCUT2D eigenvalue weighted by Crippen LogP contribution is -2.70. The van der Waals surface area contributed by atoms with Gasteiger partial charge in [0.05, 0.1) is 18.1 Å². The molecule has 0 spiro atoms. The van der Waals surface area contributed by atoms with Gasteiger partial charge in [0, 0.05) is 17.8 Å². The number of fused-ring (bicyclic) bond motifs is 9. The Morgan fingerprint density at radius 3 is 2.32 bits per heavy atom. The molecule has 0 aromatic heterocycles. The van der Waals surface area contributed by atoms with Crippen molar-refractivity contribution in [1.29, 1.82) is 0 Å². The predicted octanol–water partition coefficient (Wildman–Crippen LogP) is 7.18. The highest BCUT2D eigenvalue weighted by Crippen LogP contribution is 2.75. The van der Waals surface area contributed by atoms with Crippen molar-refractivity contribution in [3.63, 3.8) is 0 Å². The molecule has 6 aliphatic rings. The molecule has 1 aliphatic heterocycles. The van der Waals surface area contributed by atoms with Crippen LogP contribution in [-0.2, 0) is 19.1 Å². The van der Waals surface area contributed by atoms with E-state index in [-0.39, 0.29) is 45.0 Å². The monoisotopic (exact) mass is 526 g/mol. The van der Waals surface area contributed by atoms with Crippen LogP contribution in [0.3, 0.4) is 0 Å². The molecule has 0 aromatic rings. The highest BCUT2D eigenvalue weighted by atomic mass is 16.7. The highest BCUT2D eigenvalue weighted by molar-refractivity contribution is 5.85. The summed E-state index contributed by atoms with van der Waals surface area (Å²) in [4.78, 5) is 27.3. The van der Waals surface area contributed by atoms with Crippen molar-refractivity contribution in [3.8, 4) is 0 Å². The summed E-state index contributed by atoms with van der Waals surface area (Å²) in [7, 11) is 0. The number of allylic oxidation sites excluding steroid dienone is 2. The fourth-order valence-electron chi connectivity index (χ4n) is 11.4. The van der Waals surface area contributed by atoms with E-state index in [4.69, 9.17) is 9.47 Å². The summed E-state index contributed by atoms with van der Waals surface area (Å²) in [6.45, 7) is 18.6. The average molecular weight is 527 g/mol. The van der Waals surface area contributed by atoms with Crippen LogP contribution in [0.15, 0.2) is 11.6 Å². The van der Waals surface area contributed by atoms with E-state index < -0.39 is 17.2 Å². The maximum absolute atomic E-state index is 14.5. The fraction of sp³-hybridized carbons (Fsp3) is 0.879. The summed E-state index contributed by atoms with van der Waals surface area (Å²) >= 11 is 0. The molecule has 0 radical (unpaired) electrons. The number of aliphatic carboxylic acids is 1. The van der Waals surface area contributed by atoms with Crippen LogP contribution < -0.4 is 0 Å². The first-order valence-electron chi connectivity index (χ1n) is 15.2. The minimum atomic E-state index is -0.649. The first-order chi connectivity index (χ1) is 17.4. The molecular weight excluding hydrogens is 476 g/mol. The second-order valence-corrected chi connectivity index (χ2v) is 16.5. The smallest absolute Gasteiger partial charge is 0.310 e. The third-order valence-corrected chi connectivity index (χ3v) is 13.6. The van der Waals surface area contributed by atoms with Crippen LogP contribution in [0.4, 0.5) is 0 Å². The zero-order valence-electron chi connectivity index (χ0n) is 25.0. The van der Waals surface area contributed by atoms with E-state index in [1.54, 1.807) is 0 Å². The van der Waals surface area contributed by atoms with Gasteiger partial charge in [-0.25, -0.2) is 0 Å². The third kappa shape index (κ3) is 3.24. The number of carbonyl (C=O) groups is 2. The summed E-state index contributed by atoms with van der Waals surface area (Å²) in [5.74, 6) is -0.452. The van der Waals surface area contributed by atoms with Gasteiger partial charge in [0.25, 0.3) is 0 Å². The molecule has 3 unspecified atom stereocenters. The summed E-state index contributed by atoms with van der Waals surface area (Å²) in [6.07, 6.45) is 10.3. The lowest BCUT2D eigenvalue weighted by molar-refractivity contribution is -0.344. The van der Waals surface area contributed by atoms with Crippen molar-refractivity contribution in [3.05, 3.63) is 11.6 Å². The second-order valence-electron chi connectivity index (χ2n) is 16.5. The molecule has 6 rings (SSSR count). The number of hydrogen-bond acceptors (Lipinski definition) is 4. The first-order valence-corrected chi connectivity index (χ1v) is 15.2. The largest absolute Gasteiger partial charge is 0.481 e. The zero-order chi connectivity index (χ0) is 27.7. The van der Waals surface area contributed by atoms with Crippen molar-refractivity contribution in [2.24, 2.45) is 50.2 Å². The Hall–Kier alpha value is -1.20. The SMILES string of the molecule is CC1(C)CC[C@]2(C(=O)O)CC[C@]3(C)C(=CCC4[C@@]5(C)CC[C@@H]6OC(C)(C)OC[C@@]6(C)C5C(=O)C[C@]43C)C2C1. The topological polar surface area (TPSA) is 72.8 Å². The summed E-state index contributed by atoms with van der Waals surface area (Å²) in [5.41, 5.74) is 0.0942. The average Bonchev–Trinajstić information content (AvgIpc) is 2.79. The number of carboxylic acids is 1. The quantitative estimate of drug-likeness (QED) is 0.366. The molecule has 1 saturated heterocycles. The van der Waals surface area contributed by atoms with Crippen LogP contribution in [0, 0.1) is 50.2 Å². The number of carbonyl (C=O) groups excluding carboxylic acids is 1. The van der Waals surface area contributed by atoms with Gasteiger partial charge in [0.15, 0.2) is 5.79 Å². The van der Waals surface area contributed by atoms with Gasteiger partial charge in [-0.2, -0.15) is 0 Å². The number of ketones is 1. The molecule has 1 heterocycles. The van der Waals surface area contributed by atoms with Gasteiger partial charge in [0.2, 0.25) is 0 Å². The van der Waals surface area contributed by atoms with Crippen molar-refractivity contribution >= 4 is 11.8 Å².